The molecule has 3 aromatic rings. The molecule has 0 saturated heterocycles. The average molecular weight is 465 g/mol. The number of carbonyl (C=O) groups excluding carboxylic acids is 2. The molecule has 0 atom stereocenters. The van der Waals surface area contributed by atoms with E-state index in [9.17, 15) is 9.59 Å². The number of nitrogens with zero attached hydrogens (tertiary/aromatic N) is 1. The SMILES string of the molecule is COC(=O)c1cc(OC)c(OC)cc1NC(=O)CCN1c2ccccc2Sc2ccccc21. The van der Waals surface area contributed by atoms with E-state index in [1.165, 1.54) is 27.4 Å². The first kappa shape index (κ1) is 22.5. The largest absolute Gasteiger partial charge is 0.493 e. The minimum atomic E-state index is -0.581. The third-order valence-electron chi connectivity index (χ3n) is 5.30. The van der Waals surface area contributed by atoms with Crippen molar-refractivity contribution in [2.75, 3.05) is 38.1 Å². The molecule has 0 radical (unpaired) electrons. The number of carbonyl (C=O) groups is 2. The second-order valence-corrected chi connectivity index (χ2v) is 8.32. The van der Waals surface area contributed by atoms with E-state index in [0.29, 0.717) is 23.7 Å². The summed E-state index contributed by atoms with van der Waals surface area (Å²) >= 11 is 1.72. The smallest absolute Gasteiger partial charge is 0.340 e. The van der Waals surface area contributed by atoms with Crippen LogP contribution in [-0.2, 0) is 9.53 Å². The summed E-state index contributed by atoms with van der Waals surface area (Å²) in [6, 6.07) is 19.3. The zero-order valence-corrected chi connectivity index (χ0v) is 19.4. The highest BCUT2D eigenvalue weighted by molar-refractivity contribution is 7.99. The Morgan fingerprint density at radius 3 is 2.03 bits per heavy atom. The normalized spacial score (nSPS) is 11.8. The summed E-state index contributed by atoms with van der Waals surface area (Å²) in [6.45, 7) is 0.473. The van der Waals surface area contributed by atoms with Crippen molar-refractivity contribution < 1.29 is 23.8 Å². The molecule has 0 aliphatic carbocycles. The van der Waals surface area contributed by atoms with Gasteiger partial charge in [-0.3, -0.25) is 4.79 Å². The molecule has 0 spiro atoms. The van der Waals surface area contributed by atoms with Crippen molar-refractivity contribution in [1.82, 2.24) is 0 Å². The number of ether oxygens (including phenoxy) is 3. The van der Waals surface area contributed by atoms with Crippen LogP contribution in [0.15, 0.2) is 70.5 Å². The van der Waals surface area contributed by atoms with Crippen molar-refractivity contribution in [2.24, 2.45) is 0 Å². The highest BCUT2D eigenvalue weighted by Crippen LogP contribution is 2.47. The first-order valence-electron chi connectivity index (χ1n) is 10.3. The molecule has 3 aromatic carbocycles. The van der Waals surface area contributed by atoms with Crippen LogP contribution in [0.4, 0.5) is 17.1 Å². The lowest BCUT2D eigenvalue weighted by molar-refractivity contribution is -0.116. The van der Waals surface area contributed by atoms with Crippen molar-refractivity contribution in [1.29, 1.82) is 0 Å². The molecule has 0 saturated carbocycles. The second kappa shape index (κ2) is 9.87. The van der Waals surface area contributed by atoms with Crippen molar-refractivity contribution in [2.45, 2.75) is 16.2 Å². The Labute approximate surface area is 196 Å². The van der Waals surface area contributed by atoms with Gasteiger partial charge < -0.3 is 24.4 Å². The summed E-state index contributed by atoms with van der Waals surface area (Å²) in [7, 11) is 4.25. The lowest BCUT2D eigenvalue weighted by Gasteiger charge is -2.32. The summed E-state index contributed by atoms with van der Waals surface area (Å²) in [5.41, 5.74) is 2.62. The van der Waals surface area contributed by atoms with Gasteiger partial charge in [0.15, 0.2) is 11.5 Å². The van der Waals surface area contributed by atoms with Gasteiger partial charge in [-0.05, 0) is 24.3 Å². The number of hydrogen-bond donors (Lipinski definition) is 1. The number of methoxy groups -OCH3 is 3. The Balaban J connectivity index is 1.56. The van der Waals surface area contributed by atoms with E-state index in [1.54, 1.807) is 17.8 Å². The fourth-order valence-corrected chi connectivity index (χ4v) is 4.81. The molecule has 4 rings (SSSR count). The number of rotatable bonds is 7. The van der Waals surface area contributed by atoms with Gasteiger partial charge in [0.1, 0.15) is 0 Å². The lowest BCUT2D eigenvalue weighted by Crippen LogP contribution is -2.26. The molecule has 0 bridgehead atoms. The fraction of sp³-hybridized carbons (Fsp3) is 0.200. The molecule has 1 aliphatic heterocycles. The van der Waals surface area contributed by atoms with Crippen molar-refractivity contribution >= 4 is 40.7 Å². The standard InChI is InChI=1S/C25H24N2O5S/c1-30-20-14-16(25(29)32-3)17(15-21(20)31-2)26-24(28)12-13-27-18-8-4-6-10-22(18)33-23-11-7-5-9-19(23)27/h4-11,14-15H,12-13H2,1-3H3,(H,26,28). The highest BCUT2D eigenvalue weighted by atomic mass is 32.2. The van der Waals surface area contributed by atoms with Crippen molar-refractivity contribution in [3.8, 4) is 11.5 Å². The predicted octanol–water partition coefficient (Wildman–Crippen LogP) is 5.12. The summed E-state index contributed by atoms with van der Waals surface area (Å²) in [5, 5.41) is 2.83. The number of benzene rings is 3. The van der Waals surface area contributed by atoms with E-state index in [2.05, 4.69) is 34.5 Å². The average Bonchev–Trinajstić information content (AvgIpc) is 2.85. The Bertz CT molecular complexity index is 1150. The lowest BCUT2D eigenvalue weighted by atomic mass is 10.1. The van der Waals surface area contributed by atoms with Crippen LogP contribution in [0.5, 0.6) is 11.5 Å². The van der Waals surface area contributed by atoms with Crippen molar-refractivity contribution in [3.63, 3.8) is 0 Å². The Morgan fingerprint density at radius 2 is 1.45 bits per heavy atom. The zero-order chi connectivity index (χ0) is 23.4. The molecule has 0 unspecified atom stereocenters. The second-order valence-electron chi connectivity index (χ2n) is 7.23. The van der Waals surface area contributed by atoms with Crippen LogP contribution in [0.1, 0.15) is 16.8 Å². The van der Waals surface area contributed by atoms with Crippen LogP contribution in [0, 0.1) is 0 Å². The quantitative estimate of drug-likeness (QED) is 0.486. The minimum absolute atomic E-state index is 0.188. The maximum absolute atomic E-state index is 12.9. The van der Waals surface area contributed by atoms with Gasteiger partial charge in [-0.25, -0.2) is 4.79 Å². The van der Waals surface area contributed by atoms with E-state index in [1.807, 2.05) is 24.3 Å². The van der Waals surface area contributed by atoms with Gasteiger partial charge >= 0.3 is 5.97 Å². The van der Waals surface area contributed by atoms with E-state index in [-0.39, 0.29) is 17.9 Å². The molecule has 0 aromatic heterocycles. The number of para-hydroxylation sites is 2. The van der Waals surface area contributed by atoms with Crippen LogP contribution in [0.3, 0.4) is 0 Å². The number of amides is 1. The van der Waals surface area contributed by atoms with Crippen LogP contribution in [0.25, 0.3) is 0 Å². The molecule has 1 N–H and O–H groups in total. The zero-order valence-electron chi connectivity index (χ0n) is 18.6. The molecule has 1 aliphatic rings. The Morgan fingerprint density at radius 1 is 0.879 bits per heavy atom. The number of anilines is 3. The first-order chi connectivity index (χ1) is 16.0. The minimum Gasteiger partial charge on any atom is -0.493 e. The molecule has 0 fully saturated rings. The van der Waals surface area contributed by atoms with Crippen LogP contribution >= 0.6 is 11.8 Å². The monoisotopic (exact) mass is 464 g/mol. The highest BCUT2D eigenvalue weighted by Gasteiger charge is 2.24. The summed E-state index contributed by atoms with van der Waals surface area (Å²) in [4.78, 5) is 29.6. The summed E-state index contributed by atoms with van der Waals surface area (Å²) in [6.07, 6.45) is 0.211. The van der Waals surface area contributed by atoms with Crippen molar-refractivity contribution in [3.05, 3.63) is 66.2 Å². The fourth-order valence-electron chi connectivity index (χ4n) is 3.71. The van der Waals surface area contributed by atoms with Gasteiger partial charge in [-0.15, -0.1) is 0 Å². The van der Waals surface area contributed by atoms with Gasteiger partial charge in [-0.2, -0.15) is 0 Å². The molecule has 8 heteroatoms. The van der Waals surface area contributed by atoms with Crippen LogP contribution < -0.4 is 19.7 Å². The third kappa shape index (κ3) is 4.61. The third-order valence-corrected chi connectivity index (χ3v) is 6.43. The Kier molecular flexibility index (Phi) is 6.74. The van der Waals surface area contributed by atoms with Gasteiger partial charge in [0.25, 0.3) is 0 Å². The molecular weight excluding hydrogens is 440 g/mol. The molecule has 1 heterocycles. The van der Waals surface area contributed by atoms with E-state index >= 15 is 0 Å². The van der Waals surface area contributed by atoms with E-state index < -0.39 is 5.97 Å². The van der Waals surface area contributed by atoms with Gasteiger partial charge in [0.05, 0.1) is 44.0 Å². The molecule has 7 nitrogen and oxygen atoms in total. The predicted molar refractivity (Wildman–Crippen MR) is 128 cm³/mol. The number of esters is 1. The first-order valence-corrected chi connectivity index (χ1v) is 11.1. The van der Waals surface area contributed by atoms with Gasteiger partial charge in [0, 0.05) is 34.9 Å². The molecule has 170 valence electrons. The summed E-state index contributed by atoms with van der Waals surface area (Å²) < 4.78 is 15.5. The Hall–Kier alpha value is -3.65. The number of nitrogens with one attached hydrogen (secondary N) is 1. The summed E-state index contributed by atoms with van der Waals surface area (Å²) in [5.74, 6) is -0.0472. The topological polar surface area (TPSA) is 77.1 Å². The number of hydrogen-bond acceptors (Lipinski definition) is 7. The van der Waals surface area contributed by atoms with E-state index in [0.717, 1.165) is 21.2 Å². The maximum Gasteiger partial charge on any atom is 0.340 e. The number of fused-ring (bicyclic) bond motifs is 2. The van der Waals surface area contributed by atoms with Crippen LogP contribution in [-0.4, -0.2) is 39.8 Å². The molecule has 33 heavy (non-hydrogen) atoms. The van der Waals surface area contributed by atoms with Gasteiger partial charge in [-0.1, -0.05) is 36.0 Å². The molecular formula is C25H24N2O5S. The van der Waals surface area contributed by atoms with E-state index in [4.69, 9.17) is 14.2 Å². The van der Waals surface area contributed by atoms with Crippen LogP contribution in [0.2, 0.25) is 0 Å². The molecule has 1 amide bonds. The maximum atomic E-state index is 12.9. The van der Waals surface area contributed by atoms with Gasteiger partial charge in [0.2, 0.25) is 5.91 Å².